The number of aliphatic hydroxyl groups excluding tert-OH is 1. The minimum atomic E-state index is -0.516. The Labute approximate surface area is 125 Å². The second-order valence-corrected chi connectivity index (χ2v) is 6.04. The molecule has 0 radical (unpaired) electrons. The van der Waals surface area contributed by atoms with E-state index in [1.165, 1.54) is 6.42 Å². The highest BCUT2D eigenvalue weighted by Gasteiger charge is 2.31. The molecule has 114 valence electrons. The fourth-order valence-corrected chi connectivity index (χ4v) is 3.32. The molecule has 1 unspecified atom stereocenters. The molecular formula is C17H23NO3. The fourth-order valence-electron chi connectivity index (χ4n) is 3.32. The number of hydrogen-bond donors (Lipinski definition) is 2. The first kappa shape index (κ1) is 14.5. The first-order valence-corrected chi connectivity index (χ1v) is 7.91. The minimum Gasteiger partial charge on any atom is -0.390 e. The van der Waals surface area contributed by atoms with E-state index in [0.717, 1.165) is 37.0 Å². The quantitative estimate of drug-likeness (QED) is 0.892. The van der Waals surface area contributed by atoms with Gasteiger partial charge in [-0.25, -0.2) is 0 Å². The van der Waals surface area contributed by atoms with E-state index in [1.54, 1.807) is 0 Å². The van der Waals surface area contributed by atoms with Gasteiger partial charge in [0.1, 0.15) is 0 Å². The topological polar surface area (TPSA) is 58.6 Å². The average molecular weight is 289 g/mol. The van der Waals surface area contributed by atoms with E-state index in [-0.39, 0.29) is 18.1 Å². The predicted molar refractivity (Wildman–Crippen MR) is 79.9 cm³/mol. The predicted octanol–water partition coefficient (Wildman–Crippen LogP) is 2.11. The molecule has 21 heavy (non-hydrogen) atoms. The van der Waals surface area contributed by atoms with Gasteiger partial charge in [-0.05, 0) is 36.8 Å². The van der Waals surface area contributed by atoms with Gasteiger partial charge in [0.05, 0.1) is 18.2 Å². The molecule has 0 aromatic heterocycles. The summed E-state index contributed by atoms with van der Waals surface area (Å²) in [4.78, 5) is 12.1. The zero-order valence-electron chi connectivity index (χ0n) is 12.3. The molecule has 0 bridgehead atoms. The van der Waals surface area contributed by atoms with E-state index in [2.05, 4.69) is 5.32 Å². The molecule has 1 heterocycles. The highest BCUT2D eigenvalue weighted by Crippen LogP contribution is 2.31. The molecule has 3 atom stereocenters. The van der Waals surface area contributed by atoms with E-state index in [4.69, 9.17) is 4.74 Å². The van der Waals surface area contributed by atoms with Gasteiger partial charge in [-0.3, -0.25) is 4.79 Å². The normalized spacial score (nSPS) is 28.1. The van der Waals surface area contributed by atoms with Crippen LogP contribution < -0.4 is 5.32 Å². The summed E-state index contributed by atoms with van der Waals surface area (Å²) in [6, 6.07) is 7.66. The largest absolute Gasteiger partial charge is 0.390 e. The molecule has 1 saturated heterocycles. The van der Waals surface area contributed by atoms with Crippen molar-refractivity contribution in [3.05, 3.63) is 35.4 Å². The number of amides is 1. The number of rotatable bonds is 4. The zero-order valence-corrected chi connectivity index (χ0v) is 12.3. The molecular weight excluding hydrogens is 266 g/mol. The van der Waals surface area contributed by atoms with Crippen LogP contribution in [0.3, 0.4) is 0 Å². The third-order valence-corrected chi connectivity index (χ3v) is 4.49. The van der Waals surface area contributed by atoms with Crippen molar-refractivity contribution in [2.24, 2.45) is 0 Å². The smallest absolute Gasteiger partial charge is 0.220 e. The van der Waals surface area contributed by atoms with E-state index in [9.17, 15) is 9.90 Å². The van der Waals surface area contributed by atoms with Crippen molar-refractivity contribution in [2.75, 3.05) is 6.61 Å². The maximum Gasteiger partial charge on any atom is 0.220 e. The first-order chi connectivity index (χ1) is 10.2. The van der Waals surface area contributed by atoms with Crippen molar-refractivity contribution in [1.29, 1.82) is 0 Å². The number of benzene rings is 1. The molecule has 3 rings (SSSR count). The Morgan fingerprint density at radius 3 is 3.00 bits per heavy atom. The van der Waals surface area contributed by atoms with Crippen LogP contribution >= 0.6 is 0 Å². The molecule has 1 fully saturated rings. The highest BCUT2D eigenvalue weighted by molar-refractivity contribution is 5.76. The van der Waals surface area contributed by atoms with E-state index >= 15 is 0 Å². The van der Waals surface area contributed by atoms with Gasteiger partial charge in [0.15, 0.2) is 0 Å². The Morgan fingerprint density at radius 1 is 1.33 bits per heavy atom. The molecule has 1 aliphatic heterocycles. The fraction of sp³-hybridized carbons (Fsp3) is 0.588. The van der Waals surface area contributed by atoms with Gasteiger partial charge in [0.25, 0.3) is 0 Å². The second-order valence-electron chi connectivity index (χ2n) is 6.04. The van der Waals surface area contributed by atoms with E-state index in [1.807, 2.05) is 24.3 Å². The lowest BCUT2D eigenvalue weighted by molar-refractivity contribution is -0.123. The van der Waals surface area contributed by atoms with Crippen molar-refractivity contribution in [1.82, 2.24) is 5.32 Å². The lowest BCUT2D eigenvalue weighted by Crippen LogP contribution is -2.34. The molecule has 0 saturated carbocycles. The van der Waals surface area contributed by atoms with Crippen LogP contribution in [0.5, 0.6) is 0 Å². The molecule has 1 aliphatic carbocycles. The van der Waals surface area contributed by atoms with Crippen molar-refractivity contribution in [2.45, 2.75) is 56.8 Å². The summed E-state index contributed by atoms with van der Waals surface area (Å²) in [5, 5.41) is 13.1. The summed E-state index contributed by atoms with van der Waals surface area (Å²) in [5.74, 6) is 0.00456. The summed E-state index contributed by atoms with van der Waals surface area (Å²) < 4.78 is 5.65. The highest BCUT2D eigenvalue weighted by atomic mass is 16.5. The maximum absolute atomic E-state index is 12.1. The van der Waals surface area contributed by atoms with Crippen LogP contribution in [0.2, 0.25) is 0 Å². The van der Waals surface area contributed by atoms with Gasteiger partial charge in [-0.2, -0.15) is 0 Å². The minimum absolute atomic E-state index is 0.00456. The molecule has 2 aliphatic rings. The Morgan fingerprint density at radius 2 is 2.19 bits per heavy atom. The van der Waals surface area contributed by atoms with Crippen LogP contribution in [0, 0.1) is 0 Å². The van der Waals surface area contributed by atoms with Gasteiger partial charge >= 0.3 is 0 Å². The van der Waals surface area contributed by atoms with Gasteiger partial charge in [0.2, 0.25) is 5.91 Å². The van der Waals surface area contributed by atoms with Crippen LogP contribution in [-0.4, -0.2) is 29.8 Å². The number of fused-ring (bicyclic) bond motifs is 1. The van der Waals surface area contributed by atoms with Gasteiger partial charge < -0.3 is 15.2 Å². The van der Waals surface area contributed by atoms with Crippen molar-refractivity contribution < 1.29 is 14.6 Å². The van der Waals surface area contributed by atoms with Crippen LogP contribution in [0.25, 0.3) is 0 Å². The first-order valence-electron chi connectivity index (χ1n) is 7.91. The Balaban J connectivity index is 1.52. The molecule has 1 amide bonds. The Kier molecular flexibility index (Phi) is 4.56. The van der Waals surface area contributed by atoms with Crippen LogP contribution in [0.1, 0.15) is 49.3 Å². The summed E-state index contributed by atoms with van der Waals surface area (Å²) in [6.07, 6.45) is 4.96. The van der Waals surface area contributed by atoms with Crippen LogP contribution in [-0.2, 0) is 16.0 Å². The number of hydrogen-bond acceptors (Lipinski definition) is 3. The van der Waals surface area contributed by atoms with Crippen molar-refractivity contribution in [3.8, 4) is 0 Å². The molecule has 2 N–H and O–H groups in total. The average Bonchev–Trinajstić information content (AvgIpc) is 2.82. The SMILES string of the molecule is O=C(CCC1CCCCO1)N[C@@H]1c2ccccc2C[C@@H]1O. The number of carbonyl (C=O) groups is 1. The van der Waals surface area contributed by atoms with Crippen molar-refractivity contribution >= 4 is 5.91 Å². The van der Waals surface area contributed by atoms with Gasteiger partial charge in [-0.15, -0.1) is 0 Å². The lowest BCUT2D eigenvalue weighted by Gasteiger charge is -2.23. The summed E-state index contributed by atoms with van der Waals surface area (Å²) in [7, 11) is 0. The molecule has 1 aromatic rings. The van der Waals surface area contributed by atoms with Gasteiger partial charge in [0, 0.05) is 19.4 Å². The second kappa shape index (κ2) is 6.58. The Hall–Kier alpha value is -1.39. The summed E-state index contributed by atoms with van der Waals surface area (Å²) in [5.41, 5.74) is 2.18. The molecule has 1 aromatic carbocycles. The van der Waals surface area contributed by atoms with Gasteiger partial charge in [-0.1, -0.05) is 24.3 Å². The van der Waals surface area contributed by atoms with Crippen molar-refractivity contribution in [3.63, 3.8) is 0 Å². The standard InChI is InChI=1S/C17H23NO3/c19-15-11-12-5-1-2-7-14(12)17(15)18-16(20)9-8-13-6-3-4-10-21-13/h1-2,5,7,13,15,17,19H,3-4,6,8-11H2,(H,18,20)/t13?,15-,17+/m0/s1. The lowest BCUT2D eigenvalue weighted by atomic mass is 10.0. The summed E-state index contributed by atoms with van der Waals surface area (Å²) >= 11 is 0. The molecule has 4 nitrogen and oxygen atoms in total. The number of aliphatic hydroxyl groups is 1. The van der Waals surface area contributed by atoms with Crippen LogP contribution in [0.4, 0.5) is 0 Å². The number of carbonyl (C=O) groups excluding carboxylic acids is 1. The number of nitrogens with one attached hydrogen (secondary N) is 1. The monoisotopic (exact) mass is 289 g/mol. The molecule has 0 spiro atoms. The molecule has 4 heteroatoms. The third-order valence-electron chi connectivity index (χ3n) is 4.49. The number of ether oxygens (including phenoxy) is 1. The Bertz CT molecular complexity index is 497. The summed E-state index contributed by atoms with van der Waals surface area (Å²) in [6.45, 7) is 0.820. The van der Waals surface area contributed by atoms with Crippen LogP contribution in [0.15, 0.2) is 24.3 Å². The third kappa shape index (κ3) is 3.44. The van der Waals surface area contributed by atoms with E-state index < -0.39 is 6.10 Å². The zero-order chi connectivity index (χ0) is 14.7. The maximum atomic E-state index is 12.1. The van der Waals surface area contributed by atoms with E-state index in [0.29, 0.717) is 12.8 Å².